The van der Waals surface area contributed by atoms with Crippen LogP contribution >= 0.6 is 0 Å². The number of likely N-dealkylation sites (tertiary alicyclic amines) is 1. The van der Waals surface area contributed by atoms with Crippen molar-refractivity contribution in [3.63, 3.8) is 0 Å². The van der Waals surface area contributed by atoms with Crippen molar-refractivity contribution in [2.75, 3.05) is 39.4 Å². The molecule has 1 fully saturated rings. The minimum atomic E-state index is -1.06. The van der Waals surface area contributed by atoms with Crippen molar-refractivity contribution in [1.29, 1.82) is 0 Å². The van der Waals surface area contributed by atoms with Crippen LogP contribution in [0.5, 0.6) is 0 Å². The molecule has 0 aromatic heterocycles. The van der Waals surface area contributed by atoms with Gasteiger partial charge in [-0.25, -0.2) is 4.79 Å². The van der Waals surface area contributed by atoms with E-state index in [2.05, 4.69) is 17.1 Å². The Hall–Kier alpha value is -1.14. The van der Waals surface area contributed by atoms with Crippen LogP contribution < -0.4 is 5.32 Å². The summed E-state index contributed by atoms with van der Waals surface area (Å²) in [5.74, 6) is -0.483. The Morgan fingerprint density at radius 1 is 1.32 bits per heavy atom. The number of hydrogen-bond acceptors (Lipinski definition) is 4. The molecule has 1 rings (SSSR count). The zero-order chi connectivity index (χ0) is 14.1. The van der Waals surface area contributed by atoms with Crippen LogP contribution in [0.1, 0.15) is 26.2 Å². The fourth-order valence-corrected chi connectivity index (χ4v) is 2.10. The quantitative estimate of drug-likeness (QED) is 0.622. The maximum absolute atomic E-state index is 11.3. The molecule has 110 valence electrons. The highest BCUT2D eigenvalue weighted by Crippen LogP contribution is 2.15. The molecule has 0 radical (unpaired) electrons. The van der Waals surface area contributed by atoms with Gasteiger partial charge in [0.25, 0.3) is 0 Å². The maximum Gasteiger partial charge on any atom is 0.329 e. The van der Waals surface area contributed by atoms with Gasteiger partial charge in [0.1, 0.15) is 13.2 Å². The second-order valence-corrected chi connectivity index (χ2v) is 5.11. The first kappa shape index (κ1) is 15.9. The number of carbonyl (C=O) groups excluding carboxylic acids is 1. The number of rotatable bonds is 8. The minimum Gasteiger partial charge on any atom is -0.480 e. The van der Waals surface area contributed by atoms with Crippen LogP contribution in [0.4, 0.5) is 0 Å². The Bertz CT molecular complexity index is 288. The lowest BCUT2D eigenvalue weighted by atomic mass is 9.99. The molecule has 1 aliphatic heterocycles. The van der Waals surface area contributed by atoms with E-state index in [-0.39, 0.29) is 12.5 Å². The van der Waals surface area contributed by atoms with Crippen molar-refractivity contribution >= 4 is 11.9 Å². The summed E-state index contributed by atoms with van der Waals surface area (Å²) < 4.78 is 4.69. The molecule has 1 aliphatic rings. The average molecular weight is 272 g/mol. The lowest BCUT2D eigenvalue weighted by Crippen LogP contribution is -2.36. The Morgan fingerprint density at radius 2 is 2.00 bits per heavy atom. The van der Waals surface area contributed by atoms with Crippen LogP contribution in [-0.4, -0.2) is 61.3 Å². The van der Waals surface area contributed by atoms with Gasteiger partial charge in [0.05, 0.1) is 0 Å². The number of hydrogen-bond donors (Lipinski definition) is 2. The first-order valence-electron chi connectivity index (χ1n) is 6.86. The molecule has 0 atom stereocenters. The van der Waals surface area contributed by atoms with Gasteiger partial charge < -0.3 is 20.1 Å². The molecule has 0 spiro atoms. The Balaban J connectivity index is 1.95. The van der Waals surface area contributed by atoms with Gasteiger partial charge in [-0.15, -0.1) is 0 Å². The monoisotopic (exact) mass is 272 g/mol. The summed E-state index contributed by atoms with van der Waals surface area (Å²) in [4.78, 5) is 23.9. The van der Waals surface area contributed by atoms with E-state index in [1.54, 1.807) is 0 Å². The highest BCUT2D eigenvalue weighted by Gasteiger charge is 2.14. The molecule has 6 heteroatoms. The van der Waals surface area contributed by atoms with Gasteiger partial charge in [0.15, 0.2) is 0 Å². The van der Waals surface area contributed by atoms with Crippen molar-refractivity contribution < 1.29 is 19.4 Å². The van der Waals surface area contributed by atoms with E-state index in [0.717, 1.165) is 32.0 Å². The molecular weight excluding hydrogens is 248 g/mol. The molecule has 6 nitrogen and oxygen atoms in total. The normalized spacial score (nSPS) is 17.3. The van der Waals surface area contributed by atoms with Gasteiger partial charge in [-0.2, -0.15) is 0 Å². The number of ether oxygens (including phenoxy) is 1. The van der Waals surface area contributed by atoms with E-state index in [1.165, 1.54) is 12.8 Å². The SMILES string of the molecule is CC1CCN(CCCNC(=O)COCC(=O)O)CC1. The fourth-order valence-electron chi connectivity index (χ4n) is 2.10. The van der Waals surface area contributed by atoms with Crippen molar-refractivity contribution in [2.45, 2.75) is 26.2 Å². The maximum atomic E-state index is 11.3. The number of carbonyl (C=O) groups is 2. The van der Waals surface area contributed by atoms with Crippen LogP contribution in [-0.2, 0) is 14.3 Å². The van der Waals surface area contributed by atoms with E-state index in [0.29, 0.717) is 6.54 Å². The third kappa shape index (κ3) is 7.79. The Labute approximate surface area is 114 Å². The van der Waals surface area contributed by atoms with Crippen molar-refractivity contribution in [2.24, 2.45) is 5.92 Å². The molecular formula is C13H24N2O4. The summed E-state index contributed by atoms with van der Waals surface area (Å²) in [5, 5.41) is 11.1. The number of aliphatic carboxylic acids is 1. The average Bonchev–Trinajstić information content (AvgIpc) is 2.36. The number of carboxylic acids is 1. The number of amides is 1. The van der Waals surface area contributed by atoms with Crippen molar-refractivity contribution in [3.05, 3.63) is 0 Å². The first-order valence-corrected chi connectivity index (χ1v) is 6.86. The largest absolute Gasteiger partial charge is 0.480 e. The second-order valence-electron chi connectivity index (χ2n) is 5.11. The van der Waals surface area contributed by atoms with Gasteiger partial charge >= 0.3 is 5.97 Å². The molecule has 0 aromatic rings. The topological polar surface area (TPSA) is 78.9 Å². The molecule has 0 unspecified atom stereocenters. The van der Waals surface area contributed by atoms with Gasteiger partial charge in [-0.1, -0.05) is 6.92 Å². The van der Waals surface area contributed by atoms with Crippen LogP contribution in [0.3, 0.4) is 0 Å². The number of nitrogens with zero attached hydrogens (tertiary/aromatic N) is 1. The first-order chi connectivity index (χ1) is 9.08. The molecule has 1 heterocycles. The summed E-state index contributed by atoms with van der Waals surface area (Å²) in [7, 11) is 0. The zero-order valence-corrected chi connectivity index (χ0v) is 11.6. The molecule has 1 saturated heterocycles. The molecule has 2 N–H and O–H groups in total. The third-order valence-electron chi connectivity index (χ3n) is 3.31. The van der Waals surface area contributed by atoms with Crippen molar-refractivity contribution in [3.8, 4) is 0 Å². The highest BCUT2D eigenvalue weighted by atomic mass is 16.5. The summed E-state index contributed by atoms with van der Waals surface area (Å²) >= 11 is 0. The highest BCUT2D eigenvalue weighted by molar-refractivity contribution is 5.77. The molecule has 1 amide bonds. The van der Waals surface area contributed by atoms with Crippen molar-refractivity contribution in [1.82, 2.24) is 10.2 Å². The van der Waals surface area contributed by atoms with Crippen LogP contribution in [0.2, 0.25) is 0 Å². The van der Waals surface area contributed by atoms with Gasteiger partial charge in [0.2, 0.25) is 5.91 Å². The molecule has 0 aromatic carbocycles. The fraction of sp³-hybridized carbons (Fsp3) is 0.846. The molecule has 0 saturated carbocycles. The van der Waals surface area contributed by atoms with Gasteiger partial charge in [-0.05, 0) is 44.8 Å². The number of nitrogens with one attached hydrogen (secondary N) is 1. The Morgan fingerprint density at radius 3 is 2.63 bits per heavy atom. The van der Waals surface area contributed by atoms with E-state index < -0.39 is 12.6 Å². The molecule has 0 bridgehead atoms. The molecule has 19 heavy (non-hydrogen) atoms. The standard InChI is InChI=1S/C13H24N2O4/c1-11-3-7-15(8-4-11)6-2-5-14-12(16)9-19-10-13(17)18/h11H,2-10H2,1H3,(H,14,16)(H,17,18). The summed E-state index contributed by atoms with van der Waals surface area (Å²) in [6, 6.07) is 0. The minimum absolute atomic E-state index is 0.187. The smallest absolute Gasteiger partial charge is 0.329 e. The number of carboxylic acid groups (broad SMARTS) is 1. The summed E-state index contributed by atoms with van der Waals surface area (Å²) in [5.41, 5.74) is 0. The van der Waals surface area contributed by atoms with Crippen LogP contribution in [0.15, 0.2) is 0 Å². The molecule has 0 aliphatic carbocycles. The van der Waals surface area contributed by atoms with Crippen LogP contribution in [0, 0.1) is 5.92 Å². The zero-order valence-electron chi connectivity index (χ0n) is 11.6. The van der Waals surface area contributed by atoms with Crippen LogP contribution in [0.25, 0.3) is 0 Å². The van der Waals surface area contributed by atoms with E-state index in [4.69, 9.17) is 9.84 Å². The van der Waals surface area contributed by atoms with Gasteiger partial charge in [0, 0.05) is 6.54 Å². The van der Waals surface area contributed by atoms with E-state index in [9.17, 15) is 9.59 Å². The van der Waals surface area contributed by atoms with Gasteiger partial charge in [-0.3, -0.25) is 4.79 Å². The summed E-state index contributed by atoms with van der Waals surface area (Å²) in [6.07, 6.45) is 3.43. The lowest BCUT2D eigenvalue weighted by Gasteiger charge is -2.30. The Kier molecular flexibility index (Phi) is 7.43. The summed E-state index contributed by atoms with van der Waals surface area (Å²) in [6.45, 7) is 5.58. The third-order valence-corrected chi connectivity index (χ3v) is 3.31. The predicted octanol–water partition coefficient (Wildman–Crippen LogP) is 0.326. The number of piperidine rings is 1. The lowest BCUT2D eigenvalue weighted by molar-refractivity contribution is -0.143. The second kappa shape index (κ2) is 8.87. The predicted molar refractivity (Wildman–Crippen MR) is 70.9 cm³/mol. The van der Waals surface area contributed by atoms with E-state index in [1.807, 2.05) is 0 Å². The van der Waals surface area contributed by atoms with E-state index >= 15 is 0 Å².